The number of carbonyl (C=O) groups is 2. The van der Waals surface area contributed by atoms with E-state index < -0.39 is 10.0 Å². The fraction of sp³-hybridized carbons (Fsp3) is 0.190. The standard InChI is InChI=1S/C21H20N4O4S2/c1-14(26)22-16-6-9-18-19(13-16)30-21(23-18)24-20(27)10-5-15-3-7-17(8-4-15)25-11-2-12-31(25,28)29/h3-10,13H,2,11-12H2,1H3,(H,22,26)(H,23,24,27)/b10-5+. The molecule has 1 aliphatic rings. The van der Waals surface area contributed by atoms with E-state index in [1.807, 2.05) is 6.07 Å². The van der Waals surface area contributed by atoms with Crippen molar-refractivity contribution >= 4 is 66.0 Å². The number of carbonyl (C=O) groups excluding carboxylic acids is 2. The molecular formula is C21H20N4O4S2. The summed E-state index contributed by atoms with van der Waals surface area (Å²) < 4.78 is 26.3. The van der Waals surface area contributed by atoms with Crippen LogP contribution in [-0.2, 0) is 19.6 Å². The molecule has 0 spiro atoms. The van der Waals surface area contributed by atoms with E-state index in [0.717, 1.165) is 15.8 Å². The Labute approximate surface area is 183 Å². The van der Waals surface area contributed by atoms with Crippen LogP contribution in [0.3, 0.4) is 0 Å². The second-order valence-electron chi connectivity index (χ2n) is 7.04. The SMILES string of the molecule is CC(=O)Nc1ccc2nc(NC(=O)/C=C/c3ccc(N4CCCS4(=O)=O)cc3)sc2c1. The van der Waals surface area contributed by atoms with Gasteiger partial charge in [0.2, 0.25) is 21.8 Å². The van der Waals surface area contributed by atoms with Crippen molar-refractivity contribution in [1.29, 1.82) is 0 Å². The Balaban J connectivity index is 1.41. The van der Waals surface area contributed by atoms with Gasteiger partial charge in [-0.2, -0.15) is 0 Å². The number of nitrogens with zero attached hydrogens (tertiary/aromatic N) is 2. The van der Waals surface area contributed by atoms with Gasteiger partial charge in [0.05, 0.1) is 21.7 Å². The van der Waals surface area contributed by atoms with Crippen molar-refractivity contribution in [2.75, 3.05) is 27.2 Å². The van der Waals surface area contributed by atoms with Gasteiger partial charge in [-0.25, -0.2) is 13.4 Å². The molecule has 1 fully saturated rings. The zero-order chi connectivity index (χ0) is 22.0. The molecule has 2 heterocycles. The van der Waals surface area contributed by atoms with Gasteiger partial charge in [0.15, 0.2) is 5.13 Å². The summed E-state index contributed by atoms with van der Waals surface area (Å²) in [6.07, 6.45) is 3.68. The molecule has 0 bridgehead atoms. The third-order valence-electron chi connectivity index (χ3n) is 4.65. The highest BCUT2D eigenvalue weighted by Gasteiger charge is 2.28. The second kappa shape index (κ2) is 8.48. The average Bonchev–Trinajstić information content (AvgIpc) is 3.27. The van der Waals surface area contributed by atoms with Crippen LogP contribution in [0.1, 0.15) is 18.9 Å². The molecule has 160 valence electrons. The molecule has 2 amide bonds. The number of anilines is 3. The van der Waals surface area contributed by atoms with Crippen molar-refractivity contribution in [2.24, 2.45) is 0 Å². The lowest BCUT2D eigenvalue weighted by Crippen LogP contribution is -2.24. The molecule has 0 saturated carbocycles. The summed E-state index contributed by atoms with van der Waals surface area (Å²) in [6.45, 7) is 1.94. The fourth-order valence-corrected chi connectivity index (χ4v) is 5.73. The molecule has 0 aliphatic carbocycles. The number of aromatic nitrogens is 1. The zero-order valence-electron chi connectivity index (χ0n) is 16.7. The Kier molecular flexibility index (Phi) is 5.75. The molecule has 2 N–H and O–H groups in total. The number of benzene rings is 2. The minimum atomic E-state index is -3.21. The molecule has 1 aliphatic heterocycles. The first-order valence-electron chi connectivity index (χ1n) is 9.58. The van der Waals surface area contributed by atoms with Gasteiger partial charge in [-0.15, -0.1) is 0 Å². The molecule has 1 aromatic heterocycles. The number of amides is 2. The molecule has 2 aromatic carbocycles. The van der Waals surface area contributed by atoms with Gasteiger partial charge in [0, 0.05) is 25.2 Å². The van der Waals surface area contributed by atoms with Crippen molar-refractivity contribution in [3.63, 3.8) is 0 Å². The quantitative estimate of drug-likeness (QED) is 0.572. The third kappa shape index (κ3) is 4.92. The van der Waals surface area contributed by atoms with E-state index in [4.69, 9.17) is 0 Å². The maximum Gasteiger partial charge on any atom is 0.250 e. The Morgan fingerprint density at radius 3 is 2.58 bits per heavy atom. The lowest BCUT2D eigenvalue weighted by Gasteiger charge is -2.16. The predicted molar refractivity (Wildman–Crippen MR) is 124 cm³/mol. The molecule has 8 nitrogen and oxygen atoms in total. The number of hydrogen-bond donors (Lipinski definition) is 2. The minimum absolute atomic E-state index is 0.155. The summed E-state index contributed by atoms with van der Waals surface area (Å²) in [4.78, 5) is 27.8. The molecule has 10 heteroatoms. The molecule has 3 aromatic rings. The third-order valence-corrected chi connectivity index (χ3v) is 7.45. The van der Waals surface area contributed by atoms with Crippen LogP contribution in [0, 0.1) is 0 Å². The average molecular weight is 457 g/mol. The summed E-state index contributed by atoms with van der Waals surface area (Å²) in [5, 5.41) is 5.91. The van der Waals surface area contributed by atoms with E-state index in [9.17, 15) is 18.0 Å². The number of thiazole rings is 1. The highest BCUT2D eigenvalue weighted by atomic mass is 32.2. The first-order valence-corrected chi connectivity index (χ1v) is 12.0. The molecule has 4 rings (SSSR count). The smallest absolute Gasteiger partial charge is 0.250 e. The van der Waals surface area contributed by atoms with E-state index in [0.29, 0.717) is 29.5 Å². The molecule has 0 radical (unpaired) electrons. The summed E-state index contributed by atoms with van der Waals surface area (Å²) in [5.41, 5.74) is 2.81. The van der Waals surface area contributed by atoms with Gasteiger partial charge in [-0.05, 0) is 48.4 Å². The van der Waals surface area contributed by atoms with Crippen LogP contribution in [0.15, 0.2) is 48.5 Å². The van der Waals surface area contributed by atoms with E-state index in [-0.39, 0.29) is 17.6 Å². The zero-order valence-corrected chi connectivity index (χ0v) is 18.3. The Morgan fingerprint density at radius 1 is 1.13 bits per heavy atom. The van der Waals surface area contributed by atoms with E-state index in [1.165, 1.54) is 28.6 Å². The van der Waals surface area contributed by atoms with Crippen LogP contribution in [0.5, 0.6) is 0 Å². The summed E-state index contributed by atoms with van der Waals surface area (Å²) >= 11 is 1.31. The van der Waals surface area contributed by atoms with E-state index in [1.54, 1.807) is 42.5 Å². The van der Waals surface area contributed by atoms with E-state index in [2.05, 4.69) is 15.6 Å². The lowest BCUT2D eigenvalue weighted by molar-refractivity contribution is -0.114. The highest BCUT2D eigenvalue weighted by Crippen LogP contribution is 2.28. The lowest BCUT2D eigenvalue weighted by atomic mass is 10.2. The van der Waals surface area contributed by atoms with Gasteiger partial charge in [-0.1, -0.05) is 23.5 Å². The Bertz CT molecular complexity index is 1280. The second-order valence-corrected chi connectivity index (χ2v) is 10.1. The highest BCUT2D eigenvalue weighted by molar-refractivity contribution is 7.93. The summed E-state index contributed by atoms with van der Waals surface area (Å²) in [7, 11) is -3.21. The van der Waals surface area contributed by atoms with Crippen molar-refractivity contribution in [2.45, 2.75) is 13.3 Å². The number of rotatable bonds is 5. The molecular weight excluding hydrogens is 436 g/mol. The first kappa shape index (κ1) is 21.0. The minimum Gasteiger partial charge on any atom is -0.326 e. The van der Waals surface area contributed by atoms with Crippen LogP contribution in [0.2, 0.25) is 0 Å². The monoisotopic (exact) mass is 456 g/mol. The van der Waals surface area contributed by atoms with Crippen LogP contribution in [-0.4, -0.2) is 37.5 Å². The van der Waals surface area contributed by atoms with Crippen molar-refractivity contribution in [3.05, 3.63) is 54.1 Å². The normalized spacial score (nSPS) is 15.5. The van der Waals surface area contributed by atoms with Crippen molar-refractivity contribution in [3.8, 4) is 0 Å². The number of nitrogens with one attached hydrogen (secondary N) is 2. The molecule has 0 unspecified atom stereocenters. The topological polar surface area (TPSA) is 108 Å². The van der Waals surface area contributed by atoms with Crippen LogP contribution in [0.25, 0.3) is 16.3 Å². The van der Waals surface area contributed by atoms with Crippen LogP contribution in [0.4, 0.5) is 16.5 Å². The maximum absolute atomic E-state index is 12.3. The summed E-state index contributed by atoms with van der Waals surface area (Å²) in [5.74, 6) is -0.306. The first-order chi connectivity index (χ1) is 14.8. The largest absolute Gasteiger partial charge is 0.326 e. The van der Waals surface area contributed by atoms with Crippen LogP contribution < -0.4 is 14.9 Å². The number of sulfonamides is 1. The van der Waals surface area contributed by atoms with Gasteiger partial charge < -0.3 is 5.32 Å². The molecule has 31 heavy (non-hydrogen) atoms. The predicted octanol–water partition coefficient (Wildman–Crippen LogP) is 3.45. The number of fused-ring (bicyclic) bond motifs is 1. The number of hydrogen-bond acceptors (Lipinski definition) is 6. The fourth-order valence-electron chi connectivity index (χ4n) is 3.26. The maximum atomic E-state index is 12.3. The Hall–Kier alpha value is -3.24. The molecule has 0 atom stereocenters. The van der Waals surface area contributed by atoms with Gasteiger partial charge in [0.25, 0.3) is 0 Å². The van der Waals surface area contributed by atoms with Crippen molar-refractivity contribution < 1.29 is 18.0 Å². The van der Waals surface area contributed by atoms with Gasteiger partial charge in [-0.3, -0.25) is 19.2 Å². The van der Waals surface area contributed by atoms with Gasteiger partial charge in [0.1, 0.15) is 0 Å². The van der Waals surface area contributed by atoms with E-state index >= 15 is 0 Å². The molecule has 1 saturated heterocycles. The van der Waals surface area contributed by atoms with Crippen molar-refractivity contribution in [1.82, 2.24) is 4.98 Å². The Morgan fingerprint density at radius 2 is 1.90 bits per heavy atom. The van der Waals surface area contributed by atoms with Gasteiger partial charge >= 0.3 is 0 Å². The summed E-state index contributed by atoms with van der Waals surface area (Å²) in [6, 6.07) is 12.4. The van der Waals surface area contributed by atoms with Crippen LogP contribution >= 0.6 is 11.3 Å².